The second-order valence-electron chi connectivity index (χ2n) is 4.08. The molecule has 1 aliphatic heterocycles. The van der Waals surface area contributed by atoms with Gasteiger partial charge in [-0.25, -0.2) is 0 Å². The number of carbonyl (C=O) groups is 1. The summed E-state index contributed by atoms with van der Waals surface area (Å²) in [7, 11) is 0. The number of nitrogens with one attached hydrogen (secondary N) is 1. The molecule has 2 rings (SSSR count). The lowest BCUT2D eigenvalue weighted by Crippen LogP contribution is -2.30. The van der Waals surface area contributed by atoms with E-state index in [1.165, 1.54) is 5.56 Å². The maximum Gasteiger partial charge on any atom is 0.251 e. The molecule has 1 heterocycles. The highest BCUT2D eigenvalue weighted by Gasteiger charge is 2.31. The van der Waals surface area contributed by atoms with Crippen molar-refractivity contribution in [2.75, 3.05) is 0 Å². The van der Waals surface area contributed by atoms with E-state index in [0.717, 1.165) is 5.56 Å². The van der Waals surface area contributed by atoms with Gasteiger partial charge < -0.3 is 5.32 Å². The molecule has 1 aliphatic rings. The van der Waals surface area contributed by atoms with Crippen LogP contribution < -0.4 is 5.32 Å². The molecule has 1 N–H and O–H groups in total. The Bertz CT molecular complexity index is 444. The first-order valence-electron chi connectivity index (χ1n) is 5.25. The predicted molar refractivity (Wildman–Crippen MR) is 66.9 cm³/mol. The van der Waals surface area contributed by atoms with Crippen LogP contribution in [0.3, 0.4) is 0 Å². The van der Waals surface area contributed by atoms with Gasteiger partial charge in [0.1, 0.15) is 6.04 Å². The molecule has 0 radical (unpaired) electrons. The van der Waals surface area contributed by atoms with Gasteiger partial charge in [0.25, 0.3) is 5.91 Å². The van der Waals surface area contributed by atoms with Crippen LogP contribution in [-0.4, -0.2) is 22.0 Å². The van der Waals surface area contributed by atoms with Crippen molar-refractivity contribution >= 4 is 23.2 Å². The Balaban J connectivity index is 2.16. The van der Waals surface area contributed by atoms with Crippen molar-refractivity contribution in [1.29, 1.82) is 0 Å². The van der Waals surface area contributed by atoms with Crippen LogP contribution in [0.4, 0.5) is 0 Å². The minimum absolute atomic E-state index is 0.0477. The van der Waals surface area contributed by atoms with E-state index in [9.17, 15) is 4.79 Å². The molecule has 0 saturated carbocycles. The van der Waals surface area contributed by atoms with Gasteiger partial charge in [0.2, 0.25) is 0 Å². The fraction of sp³-hybridized carbons (Fsp3) is 0.333. The fourth-order valence-corrected chi connectivity index (χ4v) is 2.13. The minimum atomic E-state index is -0.197. The van der Waals surface area contributed by atoms with E-state index in [1.807, 2.05) is 32.0 Å². The lowest BCUT2D eigenvalue weighted by atomic mass is 10.1. The molecule has 1 atom stereocenters. The molecule has 1 aromatic carbocycles. The van der Waals surface area contributed by atoms with Crippen LogP contribution in [0.2, 0.25) is 0 Å². The average Bonchev–Trinajstić information content (AvgIpc) is 2.45. The van der Waals surface area contributed by atoms with Crippen LogP contribution in [0.1, 0.15) is 18.1 Å². The van der Waals surface area contributed by atoms with Crippen LogP contribution in [0.25, 0.3) is 0 Å². The number of hydrogen-bond acceptors (Lipinski definition) is 2. The second kappa shape index (κ2) is 4.22. The molecule has 84 valence electrons. The molecule has 0 bridgehead atoms. The highest BCUT2D eigenvalue weighted by molar-refractivity contribution is 7.80. The van der Waals surface area contributed by atoms with Gasteiger partial charge in [0.05, 0.1) is 6.54 Å². The Morgan fingerprint density at radius 3 is 2.81 bits per heavy atom. The number of nitrogens with zero attached hydrogens (tertiary/aromatic N) is 1. The molecule has 1 fully saturated rings. The third-order valence-electron chi connectivity index (χ3n) is 2.64. The number of benzene rings is 1. The van der Waals surface area contributed by atoms with Crippen molar-refractivity contribution in [1.82, 2.24) is 10.2 Å². The topological polar surface area (TPSA) is 32.3 Å². The van der Waals surface area contributed by atoms with Crippen molar-refractivity contribution in [3.05, 3.63) is 35.4 Å². The smallest absolute Gasteiger partial charge is 0.251 e. The van der Waals surface area contributed by atoms with Gasteiger partial charge in [-0.2, -0.15) is 0 Å². The van der Waals surface area contributed by atoms with E-state index in [0.29, 0.717) is 11.7 Å². The lowest BCUT2D eigenvalue weighted by molar-refractivity contribution is -0.127. The maximum atomic E-state index is 11.8. The van der Waals surface area contributed by atoms with Gasteiger partial charge in [0, 0.05) is 0 Å². The molecule has 0 aromatic heterocycles. The minimum Gasteiger partial charge on any atom is -0.351 e. The van der Waals surface area contributed by atoms with Crippen LogP contribution in [0, 0.1) is 6.92 Å². The molecule has 0 aliphatic carbocycles. The van der Waals surface area contributed by atoms with Gasteiger partial charge in [-0.1, -0.05) is 29.8 Å². The summed E-state index contributed by atoms with van der Waals surface area (Å²) in [6.45, 7) is 4.41. The van der Waals surface area contributed by atoms with E-state index >= 15 is 0 Å². The summed E-state index contributed by atoms with van der Waals surface area (Å²) in [5.41, 5.74) is 2.29. The fourth-order valence-electron chi connectivity index (χ4n) is 1.80. The van der Waals surface area contributed by atoms with Crippen LogP contribution in [0.5, 0.6) is 0 Å². The van der Waals surface area contributed by atoms with Crippen molar-refractivity contribution < 1.29 is 4.79 Å². The molecule has 0 spiro atoms. The second-order valence-corrected chi connectivity index (χ2v) is 4.47. The standard InChI is InChI=1S/C12H14N2OS/c1-8-4-3-5-10(6-8)7-14-11(15)9(2)13-12(14)16/h3-6,9H,7H2,1-2H3,(H,13,16). The highest BCUT2D eigenvalue weighted by atomic mass is 32.1. The van der Waals surface area contributed by atoms with Gasteiger partial charge >= 0.3 is 0 Å². The zero-order valence-electron chi connectivity index (χ0n) is 9.36. The van der Waals surface area contributed by atoms with Crippen molar-refractivity contribution in [2.24, 2.45) is 0 Å². The summed E-state index contributed by atoms with van der Waals surface area (Å²) in [6, 6.07) is 7.90. The summed E-state index contributed by atoms with van der Waals surface area (Å²) in [4.78, 5) is 13.4. The molecule has 4 heteroatoms. The SMILES string of the molecule is Cc1cccc(CN2C(=O)C(C)NC2=S)c1. The van der Waals surface area contributed by atoms with Gasteiger partial charge in [-0.15, -0.1) is 0 Å². The summed E-state index contributed by atoms with van der Waals surface area (Å²) in [5.74, 6) is 0.0477. The van der Waals surface area contributed by atoms with Crippen molar-refractivity contribution in [3.8, 4) is 0 Å². The van der Waals surface area contributed by atoms with Gasteiger partial charge in [0.15, 0.2) is 5.11 Å². The Morgan fingerprint density at radius 2 is 2.25 bits per heavy atom. The number of hydrogen-bond donors (Lipinski definition) is 1. The quantitative estimate of drug-likeness (QED) is 0.789. The first-order valence-corrected chi connectivity index (χ1v) is 5.66. The largest absolute Gasteiger partial charge is 0.351 e. The first-order chi connectivity index (χ1) is 7.58. The van der Waals surface area contributed by atoms with Crippen molar-refractivity contribution in [2.45, 2.75) is 26.4 Å². The number of carbonyl (C=O) groups excluding carboxylic acids is 1. The third kappa shape index (κ3) is 2.07. The normalized spacial score (nSPS) is 20.1. The molecule has 3 nitrogen and oxygen atoms in total. The van der Waals surface area contributed by atoms with Crippen LogP contribution in [0.15, 0.2) is 24.3 Å². The molecular weight excluding hydrogens is 220 g/mol. The zero-order valence-corrected chi connectivity index (χ0v) is 10.2. The Labute approximate surface area is 100 Å². The van der Waals surface area contributed by atoms with Gasteiger partial charge in [-0.3, -0.25) is 9.69 Å². The zero-order chi connectivity index (χ0) is 11.7. The van der Waals surface area contributed by atoms with Gasteiger partial charge in [-0.05, 0) is 31.6 Å². The van der Waals surface area contributed by atoms with E-state index in [-0.39, 0.29) is 11.9 Å². The number of aryl methyl sites for hydroxylation is 1. The van der Waals surface area contributed by atoms with Crippen molar-refractivity contribution in [3.63, 3.8) is 0 Å². The summed E-state index contributed by atoms with van der Waals surface area (Å²) in [5, 5.41) is 3.49. The van der Waals surface area contributed by atoms with E-state index in [1.54, 1.807) is 4.90 Å². The average molecular weight is 234 g/mol. The Morgan fingerprint density at radius 1 is 1.50 bits per heavy atom. The first kappa shape index (κ1) is 11.1. The number of thiocarbonyl (C=S) groups is 1. The van der Waals surface area contributed by atoms with E-state index < -0.39 is 0 Å². The predicted octanol–water partition coefficient (Wildman–Crippen LogP) is 1.60. The number of rotatable bonds is 2. The van der Waals surface area contributed by atoms with E-state index in [2.05, 4.69) is 11.4 Å². The molecule has 1 unspecified atom stereocenters. The van der Waals surface area contributed by atoms with Crippen LogP contribution in [-0.2, 0) is 11.3 Å². The van der Waals surface area contributed by atoms with E-state index in [4.69, 9.17) is 12.2 Å². The Hall–Kier alpha value is -1.42. The summed E-state index contributed by atoms with van der Waals surface area (Å²) in [6.07, 6.45) is 0. The Kier molecular flexibility index (Phi) is 2.92. The number of amides is 1. The maximum absolute atomic E-state index is 11.8. The highest BCUT2D eigenvalue weighted by Crippen LogP contribution is 2.13. The monoisotopic (exact) mass is 234 g/mol. The molecule has 16 heavy (non-hydrogen) atoms. The molecule has 1 amide bonds. The third-order valence-corrected chi connectivity index (χ3v) is 2.98. The van der Waals surface area contributed by atoms with Crippen LogP contribution >= 0.6 is 12.2 Å². The molecule has 1 aromatic rings. The molecule has 1 saturated heterocycles. The molecular formula is C12H14N2OS. The summed E-state index contributed by atoms with van der Waals surface area (Å²) < 4.78 is 0. The summed E-state index contributed by atoms with van der Waals surface area (Å²) >= 11 is 5.12. The lowest BCUT2D eigenvalue weighted by Gasteiger charge is -2.14.